The molecule has 0 heterocycles. The maximum Gasteiger partial charge on any atom is 0.323 e. The molecule has 0 aromatic rings. The molecule has 15 heavy (non-hydrogen) atoms. The minimum atomic E-state index is -0.396. The lowest BCUT2D eigenvalue weighted by atomic mass is 10.2. The van der Waals surface area contributed by atoms with E-state index in [0.717, 1.165) is 0 Å². The van der Waals surface area contributed by atoms with Crippen LogP contribution in [0, 0.1) is 0 Å². The first kappa shape index (κ1) is 13.9. The van der Waals surface area contributed by atoms with Crippen LogP contribution in [0.25, 0.3) is 0 Å². The van der Waals surface area contributed by atoms with Gasteiger partial charge in [0.1, 0.15) is 6.04 Å². The van der Waals surface area contributed by atoms with Crippen LogP contribution >= 0.6 is 0 Å². The van der Waals surface area contributed by atoms with Crippen LogP contribution in [0.5, 0.6) is 0 Å². The lowest BCUT2D eigenvalue weighted by molar-refractivity contribution is -0.145. The SMILES string of the molecule is CCNC(=O)CNC(CC)C(=O)OCC. The predicted molar refractivity (Wildman–Crippen MR) is 57.4 cm³/mol. The smallest absolute Gasteiger partial charge is 0.323 e. The highest BCUT2D eigenvalue weighted by atomic mass is 16.5. The van der Waals surface area contributed by atoms with Gasteiger partial charge in [0, 0.05) is 6.54 Å². The van der Waals surface area contributed by atoms with Crippen molar-refractivity contribution in [1.82, 2.24) is 10.6 Å². The summed E-state index contributed by atoms with van der Waals surface area (Å²) in [6.07, 6.45) is 0.609. The van der Waals surface area contributed by atoms with Gasteiger partial charge in [-0.15, -0.1) is 0 Å². The van der Waals surface area contributed by atoms with E-state index >= 15 is 0 Å². The molecular formula is C10H20N2O3. The number of rotatable bonds is 7. The van der Waals surface area contributed by atoms with E-state index in [1.165, 1.54) is 0 Å². The molecule has 0 aliphatic carbocycles. The monoisotopic (exact) mass is 216 g/mol. The number of esters is 1. The van der Waals surface area contributed by atoms with Crippen LogP contribution in [0.3, 0.4) is 0 Å². The number of likely N-dealkylation sites (N-methyl/N-ethyl adjacent to an activating group) is 1. The van der Waals surface area contributed by atoms with Gasteiger partial charge < -0.3 is 10.1 Å². The molecule has 0 aromatic carbocycles. The molecule has 0 aromatic heterocycles. The van der Waals surface area contributed by atoms with Gasteiger partial charge in [-0.2, -0.15) is 0 Å². The molecule has 1 atom stereocenters. The fourth-order valence-corrected chi connectivity index (χ4v) is 1.11. The Hall–Kier alpha value is -1.10. The Morgan fingerprint density at radius 3 is 2.40 bits per heavy atom. The number of carbonyl (C=O) groups excluding carboxylic acids is 2. The number of amides is 1. The van der Waals surface area contributed by atoms with Crippen molar-refractivity contribution in [2.45, 2.75) is 33.2 Å². The van der Waals surface area contributed by atoms with Crippen molar-refractivity contribution in [3.05, 3.63) is 0 Å². The van der Waals surface area contributed by atoms with Crippen LogP contribution < -0.4 is 10.6 Å². The number of ether oxygens (including phenoxy) is 1. The first-order chi connectivity index (χ1) is 7.15. The standard InChI is InChI=1S/C10H20N2O3/c1-4-8(10(14)15-6-3)12-7-9(13)11-5-2/h8,12H,4-7H2,1-3H3,(H,11,13). The summed E-state index contributed by atoms with van der Waals surface area (Å²) in [5.74, 6) is -0.412. The molecule has 0 saturated carbocycles. The number of carbonyl (C=O) groups is 2. The maximum absolute atomic E-state index is 11.3. The van der Waals surface area contributed by atoms with E-state index in [0.29, 0.717) is 19.6 Å². The highest BCUT2D eigenvalue weighted by Crippen LogP contribution is 1.94. The van der Waals surface area contributed by atoms with Crippen LogP contribution in [-0.2, 0) is 14.3 Å². The van der Waals surface area contributed by atoms with Crippen molar-refractivity contribution in [2.24, 2.45) is 0 Å². The fourth-order valence-electron chi connectivity index (χ4n) is 1.11. The van der Waals surface area contributed by atoms with E-state index in [1.54, 1.807) is 6.92 Å². The van der Waals surface area contributed by atoms with E-state index < -0.39 is 6.04 Å². The van der Waals surface area contributed by atoms with Crippen molar-refractivity contribution < 1.29 is 14.3 Å². The Bertz CT molecular complexity index is 207. The van der Waals surface area contributed by atoms with Gasteiger partial charge in [0.25, 0.3) is 0 Å². The predicted octanol–water partition coefficient (Wildman–Crippen LogP) is 0.0538. The molecule has 0 aliphatic heterocycles. The minimum absolute atomic E-state index is 0.111. The largest absolute Gasteiger partial charge is 0.465 e. The summed E-state index contributed by atoms with van der Waals surface area (Å²) in [6.45, 7) is 6.57. The van der Waals surface area contributed by atoms with Crippen LogP contribution in [0.2, 0.25) is 0 Å². The van der Waals surface area contributed by atoms with E-state index in [1.807, 2.05) is 13.8 Å². The molecule has 0 aliphatic rings. The zero-order valence-electron chi connectivity index (χ0n) is 9.63. The third kappa shape index (κ3) is 6.06. The molecule has 0 radical (unpaired) electrons. The first-order valence-electron chi connectivity index (χ1n) is 5.32. The Morgan fingerprint density at radius 1 is 1.27 bits per heavy atom. The second kappa shape index (κ2) is 8.23. The van der Waals surface area contributed by atoms with Gasteiger partial charge in [-0.25, -0.2) is 0 Å². The van der Waals surface area contributed by atoms with Crippen molar-refractivity contribution in [3.63, 3.8) is 0 Å². The molecule has 5 nitrogen and oxygen atoms in total. The molecule has 0 fully saturated rings. The van der Waals surface area contributed by atoms with E-state index in [4.69, 9.17) is 4.74 Å². The molecule has 0 saturated heterocycles. The lowest BCUT2D eigenvalue weighted by Crippen LogP contribution is -2.43. The Morgan fingerprint density at radius 2 is 1.93 bits per heavy atom. The van der Waals surface area contributed by atoms with Gasteiger partial charge in [-0.05, 0) is 20.3 Å². The van der Waals surface area contributed by atoms with Crippen LogP contribution in [0.15, 0.2) is 0 Å². The number of hydrogen-bond acceptors (Lipinski definition) is 4. The summed E-state index contributed by atoms with van der Waals surface area (Å²) >= 11 is 0. The lowest BCUT2D eigenvalue weighted by Gasteiger charge is -2.14. The van der Waals surface area contributed by atoms with Gasteiger partial charge >= 0.3 is 5.97 Å². The minimum Gasteiger partial charge on any atom is -0.465 e. The van der Waals surface area contributed by atoms with Crippen molar-refractivity contribution >= 4 is 11.9 Å². The second-order valence-electron chi connectivity index (χ2n) is 3.05. The van der Waals surface area contributed by atoms with E-state index in [-0.39, 0.29) is 18.4 Å². The van der Waals surface area contributed by atoms with Crippen molar-refractivity contribution in [2.75, 3.05) is 19.7 Å². The quantitative estimate of drug-likeness (QED) is 0.590. The van der Waals surface area contributed by atoms with Gasteiger partial charge in [0.2, 0.25) is 5.91 Å². The first-order valence-corrected chi connectivity index (χ1v) is 5.32. The summed E-state index contributed by atoms with van der Waals surface area (Å²) in [5.41, 5.74) is 0. The molecule has 1 amide bonds. The molecule has 2 N–H and O–H groups in total. The van der Waals surface area contributed by atoms with E-state index in [9.17, 15) is 9.59 Å². The summed E-state index contributed by atoms with van der Waals surface area (Å²) in [6, 6.07) is -0.396. The summed E-state index contributed by atoms with van der Waals surface area (Å²) in [7, 11) is 0. The molecule has 0 spiro atoms. The highest BCUT2D eigenvalue weighted by Gasteiger charge is 2.17. The zero-order valence-corrected chi connectivity index (χ0v) is 9.63. The van der Waals surface area contributed by atoms with Crippen LogP contribution in [0.4, 0.5) is 0 Å². The summed E-state index contributed by atoms with van der Waals surface area (Å²) < 4.78 is 4.85. The summed E-state index contributed by atoms with van der Waals surface area (Å²) in [4.78, 5) is 22.4. The van der Waals surface area contributed by atoms with Crippen molar-refractivity contribution in [3.8, 4) is 0 Å². The molecule has 0 rings (SSSR count). The normalized spacial score (nSPS) is 11.9. The topological polar surface area (TPSA) is 67.4 Å². The Kier molecular flexibility index (Phi) is 7.62. The van der Waals surface area contributed by atoms with E-state index in [2.05, 4.69) is 10.6 Å². The van der Waals surface area contributed by atoms with Gasteiger partial charge in [-0.1, -0.05) is 6.92 Å². The van der Waals surface area contributed by atoms with Gasteiger partial charge in [-0.3, -0.25) is 14.9 Å². The van der Waals surface area contributed by atoms with Crippen LogP contribution in [-0.4, -0.2) is 37.6 Å². The molecule has 0 bridgehead atoms. The maximum atomic E-state index is 11.3. The van der Waals surface area contributed by atoms with Crippen LogP contribution in [0.1, 0.15) is 27.2 Å². The fraction of sp³-hybridized carbons (Fsp3) is 0.800. The number of hydrogen-bond donors (Lipinski definition) is 2. The average Bonchev–Trinajstić information content (AvgIpc) is 2.19. The Labute approximate surface area is 90.6 Å². The van der Waals surface area contributed by atoms with Gasteiger partial charge in [0.15, 0.2) is 0 Å². The zero-order chi connectivity index (χ0) is 11.7. The molecule has 5 heteroatoms. The third-order valence-electron chi connectivity index (χ3n) is 1.86. The average molecular weight is 216 g/mol. The van der Waals surface area contributed by atoms with Crippen molar-refractivity contribution in [1.29, 1.82) is 0 Å². The summed E-state index contributed by atoms with van der Waals surface area (Å²) in [5, 5.41) is 5.49. The number of nitrogens with one attached hydrogen (secondary N) is 2. The second-order valence-corrected chi connectivity index (χ2v) is 3.05. The molecule has 1 unspecified atom stereocenters. The molecule has 88 valence electrons. The Balaban J connectivity index is 3.89. The highest BCUT2D eigenvalue weighted by molar-refractivity contribution is 5.80. The third-order valence-corrected chi connectivity index (χ3v) is 1.86. The molecular weight excluding hydrogens is 196 g/mol. The van der Waals surface area contributed by atoms with Gasteiger partial charge in [0.05, 0.1) is 13.2 Å².